The molecule has 7 nitrogen and oxygen atoms in total. The summed E-state index contributed by atoms with van der Waals surface area (Å²) in [4.78, 5) is 38.2. The fourth-order valence-electron chi connectivity index (χ4n) is 3.06. The molecular formula is C21H22N2O5. The van der Waals surface area contributed by atoms with Crippen LogP contribution in [-0.4, -0.2) is 35.9 Å². The predicted octanol–water partition coefficient (Wildman–Crippen LogP) is 3.05. The van der Waals surface area contributed by atoms with E-state index >= 15 is 0 Å². The van der Waals surface area contributed by atoms with Crippen LogP contribution < -0.4 is 15.0 Å². The number of ether oxygens (including phenoxy) is 1. The van der Waals surface area contributed by atoms with Crippen LogP contribution in [0.5, 0.6) is 11.5 Å². The van der Waals surface area contributed by atoms with Crippen molar-refractivity contribution in [2.45, 2.75) is 32.8 Å². The van der Waals surface area contributed by atoms with Crippen LogP contribution in [0.3, 0.4) is 0 Å². The molecule has 1 heterocycles. The number of phenolic OH excluding ortho intramolecular Hbond substituents is 1. The van der Waals surface area contributed by atoms with Crippen molar-refractivity contribution < 1.29 is 24.2 Å². The highest BCUT2D eigenvalue weighted by atomic mass is 16.5. The molecule has 0 aromatic heterocycles. The fraction of sp³-hybridized carbons (Fsp3) is 0.286. The molecule has 0 saturated heterocycles. The third kappa shape index (κ3) is 3.98. The lowest BCUT2D eigenvalue weighted by Crippen LogP contribution is -2.42. The van der Waals surface area contributed by atoms with Gasteiger partial charge in [-0.2, -0.15) is 0 Å². The maximum Gasteiger partial charge on any atom is 0.267 e. The van der Waals surface area contributed by atoms with Gasteiger partial charge >= 0.3 is 0 Å². The number of carbonyl (C=O) groups excluding carboxylic acids is 3. The molecule has 3 rings (SSSR count). The average Bonchev–Trinajstić information content (AvgIpc) is 2.66. The highest BCUT2D eigenvalue weighted by Gasteiger charge is 2.29. The number of rotatable bonds is 5. The van der Waals surface area contributed by atoms with Gasteiger partial charge in [0, 0.05) is 31.1 Å². The number of phenols is 1. The Hall–Kier alpha value is -3.35. The van der Waals surface area contributed by atoms with Crippen LogP contribution in [0.1, 0.15) is 35.7 Å². The van der Waals surface area contributed by atoms with Crippen molar-refractivity contribution in [2.75, 3.05) is 17.3 Å². The van der Waals surface area contributed by atoms with Gasteiger partial charge in [0.05, 0.1) is 5.69 Å². The molecule has 0 bridgehead atoms. The summed E-state index contributed by atoms with van der Waals surface area (Å²) in [6.45, 7) is 3.45. The molecule has 1 atom stereocenters. The zero-order valence-electron chi connectivity index (χ0n) is 16.0. The summed E-state index contributed by atoms with van der Waals surface area (Å²) < 4.78 is 5.55. The molecule has 146 valence electrons. The number of aromatic hydroxyl groups is 1. The van der Waals surface area contributed by atoms with E-state index in [2.05, 4.69) is 5.32 Å². The fourth-order valence-corrected chi connectivity index (χ4v) is 3.06. The third-order valence-electron chi connectivity index (χ3n) is 4.69. The second-order valence-electron chi connectivity index (χ2n) is 6.81. The van der Waals surface area contributed by atoms with Crippen LogP contribution in [0.2, 0.25) is 0 Å². The first-order valence-corrected chi connectivity index (χ1v) is 8.97. The number of carbonyl (C=O) groups is 3. The van der Waals surface area contributed by atoms with E-state index in [1.54, 1.807) is 51.2 Å². The Morgan fingerprint density at radius 2 is 1.93 bits per heavy atom. The minimum Gasteiger partial charge on any atom is -0.508 e. The lowest BCUT2D eigenvalue weighted by atomic mass is 10.0. The van der Waals surface area contributed by atoms with Crippen molar-refractivity contribution in [3.8, 4) is 11.5 Å². The van der Waals surface area contributed by atoms with Crippen LogP contribution in [0.25, 0.3) is 0 Å². The number of Topliss-reactive ketones (excluding diaryl/α,β-unsaturated/α-hetero) is 1. The van der Waals surface area contributed by atoms with Gasteiger partial charge in [-0.1, -0.05) is 0 Å². The smallest absolute Gasteiger partial charge is 0.267 e. The molecule has 0 spiro atoms. The average molecular weight is 382 g/mol. The molecule has 1 unspecified atom stereocenters. The van der Waals surface area contributed by atoms with Gasteiger partial charge < -0.3 is 20.1 Å². The summed E-state index contributed by atoms with van der Waals surface area (Å²) in [7, 11) is 1.64. The van der Waals surface area contributed by atoms with E-state index < -0.39 is 6.10 Å². The Morgan fingerprint density at radius 3 is 2.64 bits per heavy atom. The van der Waals surface area contributed by atoms with Gasteiger partial charge in [-0.25, -0.2) is 0 Å². The number of ketones is 1. The van der Waals surface area contributed by atoms with E-state index in [0.29, 0.717) is 22.7 Å². The lowest BCUT2D eigenvalue weighted by Gasteiger charge is -2.30. The first-order chi connectivity index (χ1) is 13.3. The van der Waals surface area contributed by atoms with Gasteiger partial charge in [-0.3, -0.25) is 14.4 Å². The van der Waals surface area contributed by atoms with Gasteiger partial charge in [-0.05, 0) is 55.8 Å². The summed E-state index contributed by atoms with van der Waals surface area (Å²) in [6, 6.07) is 9.57. The van der Waals surface area contributed by atoms with Crippen LogP contribution in [-0.2, 0) is 9.59 Å². The second kappa shape index (κ2) is 7.72. The molecule has 2 aromatic rings. The molecule has 1 aliphatic rings. The van der Waals surface area contributed by atoms with Crippen molar-refractivity contribution in [3.63, 3.8) is 0 Å². The van der Waals surface area contributed by atoms with Crippen LogP contribution in [0.15, 0.2) is 36.4 Å². The molecule has 28 heavy (non-hydrogen) atoms. The molecule has 0 aliphatic carbocycles. The number of hydrogen-bond donors (Lipinski definition) is 2. The van der Waals surface area contributed by atoms with Gasteiger partial charge in [0.25, 0.3) is 5.91 Å². The van der Waals surface area contributed by atoms with Crippen molar-refractivity contribution in [3.05, 3.63) is 47.5 Å². The Morgan fingerprint density at radius 1 is 1.18 bits per heavy atom. The van der Waals surface area contributed by atoms with Crippen LogP contribution in [0, 0.1) is 6.92 Å². The summed E-state index contributed by atoms with van der Waals surface area (Å²) in [5.41, 5.74) is 2.29. The van der Waals surface area contributed by atoms with Gasteiger partial charge in [0.2, 0.25) is 5.91 Å². The van der Waals surface area contributed by atoms with Gasteiger partial charge in [0.1, 0.15) is 11.5 Å². The lowest BCUT2D eigenvalue weighted by molar-refractivity contribution is -0.125. The summed E-state index contributed by atoms with van der Waals surface area (Å²) in [5, 5.41) is 12.2. The molecule has 0 fully saturated rings. The zero-order chi connectivity index (χ0) is 20.4. The maximum atomic E-state index is 12.5. The normalized spacial score (nSPS) is 15.6. The minimum absolute atomic E-state index is 0.0263. The SMILES string of the molecule is Cc1cc(O)ccc1NC(=O)CCC(=O)c1ccc2c(c1)N(C)C(=O)C(C)O2. The predicted molar refractivity (Wildman–Crippen MR) is 105 cm³/mol. The minimum atomic E-state index is -0.564. The molecule has 1 aliphatic heterocycles. The number of fused-ring (bicyclic) bond motifs is 1. The van der Waals surface area contributed by atoms with Gasteiger partial charge in [0.15, 0.2) is 11.9 Å². The first kappa shape index (κ1) is 19.4. The zero-order valence-corrected chi connectivity index (χ0v) is 16.0. The van der Waals surface area contributed by atoms with Crippen LogP contribution in [0.4, 0.5) is 11.4 Å². The van der Waals surface area contributed by atoms with Crippen molar-refractivity contribution >= 4 is 29.0 Å². The van der Waals surface area contributed by atoms with Crippen molar-refractivity contribution in [2.24, 2.45) is 0 Å². The molecule has 0 saturated carbocycles. The number of nitrogens with zero attached hydrogens (tertiary/aromatic N) is 1. The number of likely N-dealkylation sites (N-methyl/N-ethyl adjacent to an activating group) is 1. The topological polar surface area (TPSA) is 95.9 Å². The van der Waals surface area contributed by atoms with E-state index in [1.807, 2.05) is 0 Å². The summed E-state index contributed by atoms with van der Waals surface area (Å²) in [5.74, 6) is 0.0109. The third-order valence-corrected chi connectivity index (χ3v) is 4.69. The van der Waals surface area contributed by atoms with Crippen molar-refractivity contribution in [1.29, 1.82) is 0 Å². The molecule has 7 heteroatoms. The largest absolute Gasteiger partial charge is 0.508 e. The Kier molecular flexibility index (Phi) is 5.35. The molecular weight excluding hydrogens is 360 g/mol. The quantitative estimate of drug-likeness (QED) is 0.612. The monoisotopic (exact) mass is 382 g/mol. The molecule has 0 radical (unpaired) electrons. The first-order valence-electron chi connectivity index (χ1n) is 8.97. The highest BCUT2D eigenvalue weighted by molar-refractivity contribution is 6.04. The summed E-state index contributed by atoms with van der Waals surface area (Å²) in [6.07, 6.45) is -0.499. The van der Waals surface area contributed by atoms with E-state index in [1.165, 1.54) is 11.0 Å². The van der Waals surface area contributed by atoms with E-state index in [9.17, 15) is 19.5 Å². The molecule has 2 amide bonds. The Bertz CT molecular complexity index is 954. The number of benzene rings is 2. The maximum absolute atomic E-state index is 12.5. The number of amides is 2. The molecule has 2 N–H and O–H groups in total. The number of hydrogen-bond acceptors (Lipinski definition) is 5. The Balaban J connectivity index is 1.64. The number of nitrogens with one attached hydrogen (secondary N) is 1. The highest BCUT2D eigenvalue weighted by Crippen LogP contribution is 2.34. The summed E-state index contributed by atoms with van der Waals surface area (Å²) >= 11 is 0. The number of anilines is 2. The van der Waals surface area contributed by atoms with E-state index in [0.717, 1.165) is 5.56 Å². The second-order valence-corrected chi connectivity index (χ2v) is 6.81. The Labute approximate surface area is 162 Å². The van der Waals surface area contributed by atoms with Gasteiger partial charge in [-0.15, -0.1) is 0 Å². The van der Waals surface area contributed by atoms with E-state index in [4.69, 9.17) is 4.74 Å². The standard InChI is InChI=1S/C21H22N2O5/c1-12-10-15(24)5-6-16(12)22-20(26)9-7-18(25)14-4-8-19-17(11-14)23(3)21(27)13(2)28-19/h4-6,8,10-11,13,24H,7,9H2,1-3H3,(H,22,26). The van der Waals surface area contributed by atoms with Crippen molar-refractivity contribution in [1.82, 2.24) is 0 Å². The van der Waals surface area contributed by atoms with Crippen LogP contribution >= 0.6 is 0 Å². The van der Waals surface area contributed by atoms with E-state index in [-0.39, 0.29) is 36.2 Å². The number of aryl methyl sites for hydroxylation is 1. The molecule has 2 aromatic carbocycles.